The molecule has 0 bridgehead atoms. The molecule has 0 heterocycles. The molecule has 2 aromatic carbocycles. The minimum Gasteiger partial charge on any atom is -0.497 e. The Labute approximate surface area is 145 Å². The van der Waals surface area contributed by atoms with E-state index in [1.807, 2.05) is 0 Å². The summed E-state index contributed by atoms with van der Waals surface area (Å²) in [5.74, 6) is -0.450. The maximum atomic E-state index is 13.4. The molecule has 2 aromatic rings. The van der Waals surface area contributed by atoms with Crippen LogP contribution in [0.4, 0.5) is 15.8 Å². The van der Waals surface area contributed by atoms with Crippen LogP contribution in [0.1, 0.15) is 12.0 Å². The summed E-state index contributed by atoms with van der Waals surface area (Å²) in [7, 11) is 1.57. The average Bonchev–Trinajstić information content (AvgIpc) is 2.58. The molecule has 0 aliphatic rings. The van der Waals surface area contributed by atoms with E-state index < -0.39 is 5.82 Å². The van der Waals surface area contributed by atoms with Gasteiger partial charge in [-0.25, -0.2) is 4.39 Å². The molecular formula is C18H20FN3O3. The molecule has 0 fully saturated rings. The Morgan fingerprint density at radius 1 is 1.04 bits per heavy atom. The number of ether oxygens (including phenoxy) is 1. The van der Waals surface area contributed by atoms with Gasteiger partial charge < -0.3 is 21.1 Å². The van der Waals surface area contributed by atoms with Crippen LogP contribution in [0.25, 0.3) is 0 Å². The fourth-order valence-electron chi connectivity index (χ4n) is 2.20. The summed E-state index contributed by atoms with van der Waals surface area (Å²) in [6.07, 6.45) is 0.243. The van der Waals surface area contributed by atoms with Crippen molar-refractivity contribution in [3.05, 3.63) is 53.8 Å². The zero-order valence-electron chi connectivity index (χ0n) is 13.8. The summed E-state index contributed by atoms with van der Waals surface area (Å²) in [6.45, 7) is 0.181. The van der Waals surface area contributed by atoms with E-state index in [4.69, 9.17) is 10.5 Å². The van der Waals surface area contributed by atoms with E-state index >= 15 is 0 Å². The van der Waals surface area contributed by atoms with Crippen LogP contribution in [0, 0.1) is 5.82 Å². The fourth-order valence-corrected chi connectivity index (χ4v) is 2.20. The normalized spacial score (nSPS) is 10.2. The second-order valence-corrected chi connectivity index (χ2v) is 5.35. The Kier molecular flexibility index (Phi) is 6.47. The van der Waals surface area contributed by atoms with Crippen LogP contribution < -0.4 is 21.1 Å². The average molecular weight is 345 g/mol. The number of nitrogens with two attached hydrogens (primary N) is 1. The van der Waals surface area contributed by atoms with E-state index in [0.717, 1.165) is 11.6 Å². The fraction of sp³-hybridized carbons (Fsp3) is 0.222. The second kappa shape index (κ2) is 8.79. The number of anilines is 2. The van der Waals surface area contributed by atoms with Gasteiger partial charge in [0.1, 0.15) is 11.6 Å². The van der Waals surface area contributed by atoms with Crippen LogP contribution in [-0.4, -0.2) is 25.5 Å². The number of hydrogen-bond acceptors (Lipinski definition) is 4. The van der Waals surface area contributed by atoms with Gasteiger partial charge in [-0.3, -0.25) is 9.59 Å². The molecule has 2 amide bonds. The first kappa shape index (κ1) is 18.4. The van der Waals surface area contributed by atoms with Crippen LogP contribution >= 0.6 is 0 Å². The van der Waals surface area contributed by atoms with Crippen LogP contribution in [0.15, 0.2) is 42.5 Å². The standard InChI is InChI=1S/C18H20FN3O3/c1-25-14-5-2-12(3-6-14)10-18(24)21-15-7-4-13(19)11-16(15)22-17(23)8-9-20/h2-7,11H,8-10,20H2,1H3,(H,21,24)(H,22,23). The highest BCUT2D eigenvalue weighted by Gasteiger charge is 2.11. The summed E-state index contributed by atoms with van der Waals surface area (Å²) in [5.41, 5.74) is 6.65. The molecule has 4 N–H and O–H groups in total. The number of amides is 2. The van der Waals surface area contributed by atoms with Crippen molar-refractivity contribution in [1.29, 1.82) is 0 Å². The minimum atomic E-state index is -0.517. The SMILES string of the molecule is COc1ccc(CC(=O)Nc2ccc(F)cc2NC(=O)CCN)cc1. The van der Waals surface area contributed by atoms with Gasteiger partial charge in [0, 0.05) is 13.0 Å². The van der Waals surface area contributed by atoms with E-state index in [9.17, 15) is 14.0 Å². The smallest absolute Gasteiger partial charge is 0.228 e. The Bertz CT molecular complexity index is 748. The number of rotatable bonds is 7. The first-order valence-corrected chi connectivity index (χ1v) is 7.74. The van der Waals surface area contributed by atoms with Crippen LogP contribution in [0.2, 0.25) is 0 Å². The molecule has 0 radical (unpaired) electrons. The molecule has 2 rings (SSSR count). The third-order valence-corrected chi connectivity index (χ3v) is 3.42. The van der Waals surface area contributed by atoms with E-state index in [2.05, 4.69) is 10.6 Å². The summed E-state index contributed by atoms with van der Waals surface area (Å²) in [4.78, 5) is 23.9. The Balaban J connectivity index is 2.07. The molecule has 0 saturated carbocycles. The Hall–Kier alpha value is -2.93. The number of methoxy groups -OCH3 is 1. The monoisotopic (exact) mass is 345 g/mol. The van der Waals surface area contributed by atoms with Gasteiger partial charge in [-0.05, 0) is 35.9 Å². The van der Waals surface area contributed by atoms with Crippen LogP contribution in [-0.2, 0) is 16.0 Å². The van der Waals surface area contributed by atoms with Gasteiger partial charge in [0.15, 0.2) is 0 Å². The number of hydrogen-bond donors (Lipinski definition) is 3. The minimum absolute atomic E-state index is 0.107. The highest BCUT2D eigenvalue weighted by atomic mass is 19.1. The Morgan fingerprint density at radius 2 is 1.72 bits per heavy atom. The van der Waals surface area contributed by atoms with E-state index in [0.29, 0.717) is 11.4 Å². The largest absolute Gasteiger partial charge is 0.497 e. The molecule has 0 aliphatic carbocycles. The van der Waals surface area contributed by atoms with Crippen molar-refractivity contribution in [3.8, 4) is 5.75 Å². The highest BCUT2D eigenvalue weighted by Crippen LogP contribution is 2.23. The zero-order valence-corrected chi connectivity index (χ0v) is 13.8. The van der Waals surface area contributed by atoms with Crippen LogP contribution in [0.5, 0.6) is 5.75 Å². The third kappa shape index (κ3) is 5.58. The maximum Gasteiger partial charge on any atom is 0.228 e. The molecule has 0 spiro atoms. The van der Waals surface area contributed by atoms with Crippen molar-refractivity contribution >= 4 is 23.2 Å². The molecular weight excluding hydrogens is 325 g/mol. The molecule has 7 heteroatoms. The first-order chi connectivity index (χ1) is 12.0. The van der Waals surface area contributed by atoms with Crippen molar-refractivity contribution in [3.63, 3.8) is 0 Å². The molecule has 6 nitrogen and oxygen atoms in total. The number of carbonyl (C=O) groups is 2. The van der Waals surface area contributed by atoms with Crippen molar-refractivity contribution < 1.29 is 18.7 Å². The molecule has 0 aliphatic heterocycles. The lowest BCUT2D eigenvalue weighted by molar-refractivity contribution is -0.116. The van der Waals surface area contributed by atoms with E-state index in [1.54, 1.807) is 31.4 Å². The van der Waals surface area contributed by atoms with Gasteiger partial charge in [0.05, 0.1) is 24.9 Å². The number of benzene rings is 2. The lowest BCUT2D eigenvalue weighted by Gasteiger charge is -2.12. The van der Waals surface area contributed by atoms with Gasteiger partial charge in [-0.2, -0.15) is 0 Å². The highest BCUT2D eigenvalue weighted by molar-refractivity contribution is 6.00. The van der Waals surface area contributed by atoms with E-state index in [1.165, 1.54) is 12.1 Å². The Morgan fingerprint density at radius 3 is 2.36 bits per heavy atom. The van der Waals surface area contributed by atoms with Crippen molar-refractivity contribution in [2.45, 2.75) is 12.8 Å². The van der Waals surface area contributed by atoms with Gasteiger partial charge in [0.2, 0.25) is 11.8 Å². The molecule has 0 atom stereocenters. The van der Waals surface area contributed by atoms with Gasteiger partial charge in [0.25, 0.3) is 0 Å². The maximum absolute atomic E-state index is 13.4. The summed E-state index contributed by atoms with van der Waals surface area (Å²) >= 11 is 0. The third-order valence-electron chi connectivity index (χ3n) is 3.42. The topological polar surface area (TPSA) is 93.5 Å². The number of halogens is 1. The van der Waals surface area contributed by atoms with Gasteiger partial charge >= 0.3 is 0 Å². The number of nitrogens with one attached hydrogen (secondary N) is 2. The van der Waals surface area contributed by atoms with E-state index in [-0.39, 0.29) is 36.9 Å². The van der Waals surface area contributed by atoms with Crippen molar-refractivity contribution in [2.75, 3.05) is 24.3 Å². The second-order valence-electron chi connectivity index (χ2n) is 5.35. The number of carbonyl (C=O) groups excluding carboxylic acids is 2. The molecule has 0 unspecified atom stereocenters. The van der Waals surface area contributed by atoms with Crippen molar-refractivity contribution in [1.82, 2.24) is 0 Å². The van der Waals surface area contributed by atoms with Crippen LogP contribution in [0.3, 0.4) is 0 Å². The molecule has 0 saturated heterocycles. The molecule has 0 aromatic heterocycles. The lowest BCUT2D eigenvalue weighted by atomic mass is 10.1. The first-order valence-electron chi connectivity index (χ1n) is 7.74. The van der Waals surface area contributed by atoms with Crippen molar-refractivity contribution in [2.24, 2.45) is 5.73 Å². The summed E-state index contributed by atoms with van der Waals surface area (Å²) in [6, 6.07) is 10.9. The zero-order chi connectivity index (χ0) is 18.2. The lowest BCUT2D eigenvalue weighted by Crippen LogP contribution is -2.19. The predicted molar refractivity (Wildman–Crippen MR) is 94.0 cm³/mol. The molecule has 132 valence electrons. The summed E-state index contributed by atoms with van der Waals surface area (Å²) in [5, 5.41) is 5.23. The summed E-state index contributed by atoms with van der Waals surface area (Å²) < 4.78 is 18.5. The predicted octanol–water partition coefficient (Wildman–Crippen LogP) is 2.30. The van der Waals surface area contributed by atoms with Gasteiger partial charge in [-0.15, -0.1) is 0 Å². The quantitative estimate of drug-likeness (QED) is 0.718. The van der Waals surface area contributed by atoms with Gasteiger partial charge in [-0.1, -0.05) is 12.1 Å². The molecule has 25 heavy (non-hydrogen) atoms.